The van der Waals surface area contributed by atoms with Crippen molar-refractivity contribution in [3.05, 3.63) is 74.4 Å². The number of methoxy groups -OCH3 is 1. The van der Waals surface area contributed by atoms with Crippen molar-refractivity contribution in [2.45, 2.75) is 19.9 Å². The number of ether oxygens (including phenoxy) is 2. The molecular formula is C21H20ClN3O6. The minimum Gasteiger partial charge on any atom is -0.497 e. The topological polar surface area (TPSA) is 111 Å². The van der Waals surface area contributed by atoms with E-state index in [4.69, 9.17) is 21.1 Å². The molecule has 1 N–H and O–H groups in total. The van der Waals surface area contributed by atoms with E-state index in [1.165, 1.54) is 30.2 Å². The van der Waals surface area contributed by atoms with E-state index < -0.39 is 23.0 Å². The third-order valence-electron chi connectivity index (χ3n) is 4.81. The molecule has 0 saturated heterocycles. The number of hydrogen-bond donors (Lipinski definition) is 1. The van der Waals surface area contributed by atoms with E-state index in [0.29, 0.717) is 22.7 Å². The molecule has 1 aliphatic heterocycles. The molecule has 0 bridgehead atoms. The number of nitrogens with zero attached hydrogens (tertiary/aromatic N) is 2. The maximum absolute atomic E-state index is 13.0. The first kappa shape index (κ1) is 22.1. The maximum Gasteiger partial charge on any atom is 0.338 e. The summed E-state index contributed by atoms with van der Waals surface area (Å²) in [4.78, 5) is 37.8. The minimum atomic E-state index is -0.947. The van der Waals surface area contributed by atoms with Crippen molar-refractivity contribution in [1.82, 2.24) is 5.32 Å². The van der Waals surface area contributed by atoms with E-state index >= 15 is 0 Å². The summed E-state index contributed by atoms with van der Waals surface area (Å²) in [5.41, 5.74) is 1.02. The van der Waals surface area contributed by atoms with Crippen LogP contribution < -0.4 is 15.0 Å². The molecule has 1 heterocycles. The van der Waals surface area contributed by atoms with Gasteiger partial charge in [-0.05, 0) is 49.7 Å². The summed E-state index contributed by atoms with van der Waals surface area (Å²) in [6.45, 7) is 3.41. The molecule has 162 valence electrons. The number of nitro groups is 1. The highest BCUT2D eigenvalue weighted by molar-refractivity contribution is 6.32. The van der Waals surface area contributed by atoms with Crippen LogP contribution in [0.15, 0.2) is 53.7 Å². The zero-order valence-corrected chi connectivity index (χ0v) is 17.8. The highest BCUT2D eigenvalue weighted by Crippen LogP contribution is 2.37. The fourth-order valence-electron chi connectivity index (χ4n) is 3.36. The largest absolute Gasteiger partial charge is 0.497 e. The van der Waals surface area contributed by atoms with Gasteiger partial charge in [0.15, 0.2) is 0 Å². The van der Waals surface area contributed by atoms with Crippen molar-refractivity contribution in [1.29, 1.82) is 0 Å². The summed E-state index contributed by atoms with van der Waals surface area (Å²) < 4.78 is 10.4. The van der Waals surface area contributed by atoms with E-state index in [2.05, 4.69) is 5.32 Å². The van der Waals surface area contributed by atoms with Gasteiger partial charge in [0.25, 0.3) is 5.69 Å². The molecule has 3 rings (SSSR count). The Morgan fingerprint density at radius 2 is 1.94 bits per heavy atom. The maximum atomic E-state index is 13.0. The number of halogens is 1. The molecule has 0 spiro atoms. The average Bonchev–Trinajstić information content (AvgIpc) is 2.74. The number of anilines is 1. The number of amides is 2. The smallest absolute Gasteiger partial charge is 0.338 e. The zero-order valence-electron chi connectivity index (χ0n) is 17.0. The SMILES string of the molecule is CCOC(=O)C1=C(C)N(c2ccc(OC)cc2)C(=O)NC1c1ccc(Cl)c([N+](=O)[O-])c1. The number of benzene rings is 2. The van der Waals surface area contributed by atoms with Gasteiger partial charge in [0.1, 0.15) is 10.8 Å². The van der Waals surface area contributed by atoms with Gasteiger partial charge in [0, 0.05) is 11.8 Å². The Morgan fingerprint density at radius 3 is 2.52 bits per heavy atom. The molecule has 1 atom stereocenters. The number of carbonyl (C=O) groups is 2. The van der Waals surface area contributed by atoms with Crippen molar-refractivity contribution in [2.75, 3.05) is 18.6 Å². The second kappa shape index (κ2) is 9.05. The molecule has 2 aromatic carbocycles. The van der Waals surface area contributed by atoms with Crippen LogP contribution in [0.4, 0.5) is 16.2 Å². The van der Waals surface area contributed by atoms with Gasteiger partial charge in [-0.1, -0.05) is 17.7 Å². The summed E-state index contributed by atoms with van der Waals surface area (Å²) in [6.07, 6.45) is 0. The molecule has 0 radical (unpaired) electrons. The van der Waals surface area contributed by atoms with E-state index in [9.17, 15) is 19.7 Å². The zero-order chi connectivity index (χ0) is 22.7. The van der Waals surface area contributed by atoms with Gasteiger partial charge in [0.05, 0.1) is 35.9 Å². The predicted molar refractivity (Wildman–Crippen MR) is 114 cm³/mol. The number of urea groups is 1. The number of nitro benzene ring substituents is 1. The summed E-state index contributed by atoms with van der Waals surface area (Å²) >= 11 is 5.91. The summed E-state index contributed by atoms with van der Waals surface area (Å²) in [5.74, 6) is -0.0270. The summed E-state index contributed by atoms with van der Waals surface area (Å²) in [7, 11) is 1.53. The van der Waals surface area contributed by atoms with Crippen LogP contribution >= 0.6 is 11.6 Å². The van der Waals surface area contributed by atoms with Crippen molar-refractivity contribution in [2.24, 2.45) is 0 Å². The fraction of sp³-hybridized carbons (Fsp3) is 0.238. The Kier molecular flexibility index (Phi) is 6.45. The van der Waals surface area contributed by atoms with Crippen LogP contribution in [0, 0.1) is 10.1 Å². The highest BCUT2D eigenvalue weighted by atomic mass is 35.5. The number of esters is 1. The number of hydrogen-bond acceptors (Lipinski definition) is 6. The van der Waals surface area contributed by atoms with E-state index in [1.54, 1.807) is 38.1 Å². The molecular weight excluding hydrogens is 426 g/mol. The molecule has 9 nitrogen and oxygen atoms in total. The predicted octanol–water partition coefficient (Wildman–Crippen LogP) is 4.36. The van der Waals surface area contributed by atoms with Crippen LogP contribution in [0.5, 0.6) is 5.75 Å². The van der Waals surface area contributed by atoms with Crippen molar-refractivity contribution < 1.29 is 24.0 Å². The van der Waals surface area contributed by atoms with E-state index in [0.717, 1.165) is 0 Å². The molecule has 0 aliphatic carbocycles. The molecule has 10 heteroatoms. The van der Waals surface area contributed by atoms with Crippen LogP contribution in [-0.4, -0.2) is 30.6 Å². The van der Waals surface area contributed by atoms with Crippen molar-refractivity contribution in [3.8, 4) is 5.75 Å². The summed E-state index contributed by atoms with van der Waals surface area (Å²) in [5, 5.41) is 14.0. The van der Waals surface area contributed by atoms with E-state index in [-0.39, 0.29) is 22.9 Å². The van der Waals surface area contributed by atoms with Crippen LogP contribution in [0.25, 0.3) is 0 Å². The molecule has 31 heavy (non-hydrogen) atoms. The third kappa shape index (κ3) is 4.31. The lowest BCUT2D eigenvalue weighted by Gasteiger charge is -2.35. The lowest BCUT2D eigenvalue weighted by atomic mass is 9.94. The number of nitrogens with one attached hydrogen (secondary N) is 1. The second-order valence-electron chi connectivity index (χ2n) is 6.60. The average molecular weight is 446 g/mol. The minimum absolute atomic E-state index is 0.0471. The van der Waals surface area contributed by atoms with Crippen LogP contribution in [0.3, 0.4) is 0 Å². The Morgan fingerprint density at radius 1 is 1.26 bits per heavy atom. The van der Waals surface area contributed by atoms with Crippen molar-refractivity contribution >= 4 is 35.0 Å². The molecule has 0 fully saturated rings. The molecule has 1 aliphatic rings. The Labute approximate surface area is 183 Å². The van der Waals surface area contributed by atoms with Gasteiger partial charge in [-0.25, -0.2) is 9.59 Å². The first-order valence-electron chi connectivity index (χ1n) is 9.34. The van der Waals surface area contributed by atoms with E-state index in [1.807, 2.05) is 0 Å². The molecule has 0 aromatic heterocycles. The van der Waals surface area contributed by atoms with Crippen LogP contribution in [0.1, 0.15) is 25.5 Å². The quantitative estimate of drug-likeness (QED) is 0.401. The van der Waals surface area contributed by atoms with Gasteiger partial charge >= 0.3 is 12.0 Å². The molecule has 1 unspecified atom stereocenters. The fourth-order valence-corrected chi connectivity index (χ4v) is 3.54. The van der Waals surface area contributed by atoms with Gasteiger partial charge < -0.3 is 14.8 Å². The third-order valence-corrected chi connectivity index (χ3v) is 5.13. The van der Waals surface area contributed by atoms with Crippen LogP contribution in [-0.2, 0) is 9.53 Å². The lowest BCUT2D eigenvalue weighted by molar-refractivity contribution is -0.384. The first-order valence-corrected chi connectivity index (χ1v) is 9.72. The Balaban J connectivity index is 2.14. The molecule has 2 amide bonds. The van der Waals surface area contributed by atoms with Crippen molar-refractivity contribution in [3.63, 3.8) is 0 Å². The summed E-state index contributed by atoms with van der Waals surface area (Å²) in [6, 6.07) is 9.41. The van der Waals surface area contributed by atoms with Gasteiger partial charge in [0.2, 0.25) is 0 Å². The molecule has 2 aromatic rings. The number of allylic oxidation sites excluding steroid dienone is 1. The van der Waals surface area contributed by atoms with Gasteiger partial charge in [-0.3, -0.25) is 15.0 Å². The Hall–Kier alpha value is -3.59. The monoisotopic (exact) mass is 445 g/mol. The standard InChI is InChI=1S/C21H20ClN3O6/c1-4-31-20(26)18-12(2)24(14-6-8-15(30-3)9-7-14)21(27)23-19(18)13-5-10-16(22)17(11-13)25(28)29/h5-11,19H,4H2,1-3H3,(H,23,27). The first-order chi connectivity index (χ1) is 14.8. The highest BCUT2D eigenvalue weighted by Gasteiger charge is 2.37. The second-order valence-corrected chi connectivity index (χ2v) is 7.01. The Bertz CT molecular complexity index is 1070. The van der Waals surface area contributed by atoms with Gasteiger partial charge in [-0.15, -0.1) is 0 Å². The van der Waals surface area contributed by atoms with Crippen LogP contribution in [0.2, 0.25) is 5.02 Å². The number of rotatable bonds is 6. The van der Waals surface area contributed by atoms with Gasteiger partial charge in [-0.2, -0.15) is 0 Å². The number of carbonyl (C=O) groups excluding carboxylic acids is 2. The lowest BCUT2D eigenvalue weighted by Crippen LogP contribution is -2.48. The normalized spacial score (nSPS) is 16.1. The molecule has 0 saturated carbocycles.